The smallest absolute Gasteiger partial charge is 0.405 e. The lowest BCUT2D eigenvalue weighted by molar-refractivity contribution is -0.123. The molecule has 5 N–H and O–H groups in total. The Morgan fingerprint density at radius 2 is 1.87 bits per heavy atom. The van der Waals surface area contributed by atoms with Crippen LogP contribution in [-0.4, -0.2) is 17.1 Å². The first-order valence-corrected chi connectivity index (χ1v) is 4.20. The average Bonchev–Trinajstić information content (AvgIpc) is 2.26. The van der Waals surface area contributed by atoms with Crippen LogP contribution in [0, 0.1) is 0 Å². The SMILES string of the molecule is NNC(=O)C(NC(=O)O)c1ccccc1. The second-order valence-corrected chi connectivity index (χ2v) is 2.80. The van der Waals surface area contributed by atoms with Gasteiger partial charge in [0.25, 0.3) is 5.91 Å². The van der Waals surface area contributed by atoms with Gasteiger partial charge in [0.15, 0.2) is 0 Å². The molecule has 6 nitrogen and oxygen atoms in total. The lowest BCUT2D eigenvalue weighted by Gasteiger charge is -2.14. The van der Waals surface area contributed by atoms with Crippen LogP contribution in [0.3, 0.4) is 0 Å². The van der Waals surface area contributed by atoms with Crippen LogP contribution in [-0.2, 0) is 4.79 Å². The van der Waals surface area contributed by atoms with Crippen LogP contribution in [0.25, 0.3) is 0 Å². The van der Waals surface area contributed by atoms with Gasteiger partial charge in [0.1, 0.15) is 6.04 Å². The number of carboxylic acid groups (broad SMARTS) is 1. The van der Waals surface area contributed by atoms with E-state index in [4.69, 9.17) is 10.9 Å². The highest BCUT2D eigenvalue weighted by Crippen LogP contribution is 2.11. The predicted molar refractivity (Wildman–Crippen MR) is 52.7 cm³/mol. The standard InChI is InChI=1S/C9H11N3O3/c10-12-8(13)7(11-9(14)15)6-4-2-1-3-5-6/h1-5,7,11H,10H2,(H,12,13)(H,14,15). The molecule has 0 aliphatic rings. The van der Waals surface area contributed by atoms with Gasteiger partial charge in [0, 0.05) is 0 Å². The molecule has 1 atom stereocenters. The van der Waals surface area contributed by atoms with E-state index in [0.29, 0.717) is 5.56 Å². The van der Waals surface area contributed by atoms with Gasteiger partial charge in [-0.05, 0) is 5.56 Å². The van der Waals surface area contributed by atoms with E-state index in [2.05, 4.69) is 5.32 Å². The summed E-state index contributed by atoms with van der Waals surface area (Å²) >= 11 is 0. The van der Waals surface area contributed by atoms with Crippen molar-refractivity contribution in [2.75, 3.05) is 0 Å². The van der Waals surface area contributed by atoms with Crippen LogP contribution < -0.4 is 16.6 Å². The van der Waals surface area contributed by atoms with E-state index >= 15 is 0 Å². The number of carbonyl (C=O) groups is 2. The quantitative estimate of drug-likeness (QED) is 0.319. The Bertz CT molecular complexity index is 353. The monoisotopic (exact) mass is 209 g/mol. The van der Waals surface area contributed by atoms with Crippen molar-refractivity contribution >= 4 is 12.0 Å². The summed E-state index contributed by atoms with van der Waals surface area (Å²) in [5.41, 5.74) is 2.43. The first-order chi connectivity index (χ1) is 7.15. The van der Waals surface area contributed by atoms with Crippen molar-refractivity contribution in [1.29, 1.82) is 0 Å². The molecular weight excluding hydrogens is 198 g/mol. The second kappa shape index (κ2) is 4.97. The summed E-state index contributed by atoms with van der Waals surface area (Å²) in [6, 6.07) is 7.45. The molecule has 0 aliphatic carbocycles. The van der Waals surface area contributed by atoms with Crippen molar-refractivity contribution in [3.63, 3.8) is 0 Å². The molecule has 1 aromatic rings. The number of hydrogen-bond acceptors (Lipinski definition) is 3. The zero-order valence-electron chi connectivity index (χ0n) is 7.81. The molecule has 6 heteroatoms. The van der Waals surface area contributed by atoms with Gasteiger partial charge in [-0.3, -0.25) is 10.2 Å². The fraction of sp³-hybridized carbons (Fsp3) is 0.111. The van der Waals surface area contributed by atoms with Gasteiger partial charge < -0.3 is 10.4 Å². The summed E-state index contributed by atoms with van der Waals surface area (Å²) in [7, 11) is 0. The topological polar surface area (TPSA) is 104 Å². The summed E-state index contributed by atoms with van der Waals surface area (Å²) in [5, 5.41) is 10.6. The summed E-state index contributed by atoms with van der Waals surface area (Å²) in [6.07, 6.45) is -1.28. The van der Waals surface area contributed by atoms with E-state index in [1.165, 1.54) is 0 Å². The first kappa shape index (κ1) is 11.0. The van der Waals surface area contributed by atoms with Gasteiger partial charge in [0.2, 0.25) is 0 Å². The van der Waals surface area contributed by atoms with Crippen LogP contribution in [0.4, 0.5) is 4.79 Å². The Morgan fingerprint density at radius 1 is 1.27 bits per heavy atom. The maximum absolute atomic E-state index is 11.3. The minimum Gasteiger partial charge on any atom is -0.465 e. The first-order valence-electron chi connectivity index (χ1n) is 4.20. The highest BCUT2D eigenvalue weighted by molar-refractivity contribution is 5.85. The van der Waals surface area contributed by atoms with Gasteiger partial charge in [0.05, 0.1) is 0 Å². The number of hydrazine groups is 1. The Morgan fingerprint density at radius 3 is 2.33 bits per heavy atom. The molecule has 0 saturated carbocycles. The lowest BCUT2D eigenvalue weighted by Crippen LogP contribution is -2.42. The number of benzene rings is 1. The maximum atomic E-state index is 11.3. The second-order valence-electron chi connectivity index (χ2n) is 2.80. The highest BCUT2D eigenvalue weighted by atomic mass is 16.4. The Kier molecular flexibility index (Phi) is 3.64. The number of hydrogen-bond donors (Lipinski definition) is 4. The van der Waals surface area contributed by atoms with E-state index in [0.717, 1.165) is 0 Å². The predicted octanol–water partition coefficient (Wildman–Crippen LogP) is -0.0148. The van der Waals surface area contributed by atoms with E-state index < -0.39 is 18.0 Å². The van der Waals surface area contributed by atoms with Crippen LogP contribution >= 0.6 is 0 Å². The molecule has 80 valence electrons. The van der Waals surface area contributed by atoms with Crippen molar-refractivity contribution in [2.24, 2.45) is 5.84 Å². The zero-order valence-corrected chi connectivity index (χ0v) is 7.81. The van der Waals surface area contributed by atoms with E-state index in [9.17, 15) is 9.59 Å². The number of carbonyl (C=O) groups excluding carboxylic acids is 1. The van der Waals surface area contributed by atoms with Gasteiger partial charge in [-0.2, -0.15) is 0 Å². The van der Waals surface area contributed by atoms with Gasteiger partial charge >= 0.3 is 6.09 Å². The molecule has 0 radical (unpaired) electrons. The molecule has 1 aromatic carbocycles. The third kappa shape index (κ3) is 2.96. The van der Waals surface area contributed by atoms with Gasteiger partial charge in [-0.1, -0.05) is 30.3 Å². The van der Waals surface area contributed by atoms with E-state index in [1.54, 1.807) is 30.3 Å². The third-order valence-electron chi connectivity index (χ3n) is 1.81. The third-order valence-corrected chi connectivity index (χ3v) is 1.81. The van der Waals surface area contributed by atoms with Crippen LogP contribution in [0.2, 0.25) is 0 Å². The molecule has 0 spiro atoms. The molecule has 2 amide bonds. The van der Waals surface area contributed by atoms with Crippen molar-refractivity contribution in [3.05, 3.63) is 35.9 Å². The molecule has 0 aliphatic heterocycles. The van der Waals surface area contributed by atoms with E-state index in [-0.39, 0.29) is 0 Å². The number of nitrogens with two attached hydrogens (primary N) is 1. The van der Waals surface area contributed by atoms with Crippen molar-refractivity contribution in [1.82, 2.24) is 10.7 Å². The molecule has 0 heterocycles. The fourth-order valence-electron chi connectivity index (χ4n) is 1.15. The van der Waals surface area contributed by atoms with Crippen LogP contribution in [0.5, 0.6) is 0 Å². The summed E-state index contributed by atoms with van der Waals surface area (Å²) in [4.78, 5) is 21.8. The van der Waals surface area contributed by atoms with Crippen molar-refractivity contribution < 1.29 is 14.7 Å². The highest BCUT2D eigenvalue weighted by Gasteiger charge is 2.21. The molecule has 0 fully saturated rings. The summed E-state index contributed by atoms with van der Waals surface area (Å²) in [6.45, 7) is 0. The fourth-order valence-corrected chi connectivity index (χ4v) is 1.15. The molecule has 0 saturated heterocycles. The molecule has 1 unspecified atom stereocenters. The minimum absolute atomic E-state index is 0.530. The maximum Gasteiger partial charge on any atom is 0.405 e. The van der Waals surface area contributed by atoms with Crippen molar-refractivity contribution in [3.8, 4) is 0 Å². The number of rotatable bonds is 3. The summed E-state index contributed by atoms with van der Waals surface area (Å²) in [5.74, 6) is 4.35. The molecule has 0 bridgehead atoms. The van der Waals surface area contributed by atoms with Gasteiger partial charge in [-0.15, -0.1) is 0 Å². The van der Waals surface area contributed by atoms with Crippen LogP contribution in [0.15, 0.2) is 30.3 Å². The zero-order chi connectivity index (χ0) is 11.3. The van der Waals surface area contributed by atoms with E-state index in [1.807, 2.05) is 5.43 Å². The molecule has 0 aromatic heterocycles. The Hall–Kier alpha value is -2.08. The summed E-state index contributed by atoms with van der Waals surface area (Å²) < 4.78 is 0. The molecule has 15 heavy (non-hydrogen) atoms. The van der Waals surface area contributed by atoms with Gasteiger partial charge in [-0.25, -0.2) is 10.6 Å². The number of nitrogens with one attached hydrogen (secondary N) is 2. The minimum atomic E-state index is -1.28. The van der Waals surface area contributed by atoms with Crippen molar-refractivity contribution in [2.45, 2.75) is 6.04 Å². The largest absolute Gasteiger partial charge is 0.465 e. The normalized spacial score (nSPS) is 11.5. The lowest BCUT2D eigenvalue weighted by atomic mass is 10.1. The Labute approximate surface area is 86.1 Å². The molecular formula is C9H11N3O3. The Balaban J connectivity index is 2.91. The average molecular weight is 209 g/mol. The van der Waals surface area contributed by atoms with Crippen LogP contribution in [0.1, 0.15) is 11.6 Å². The number of amides is 2. The molecule has 1 rings (SSSR count).